The largest absolute Gasteiger partial charge is 0.480 e. The molecule has 1 rings (SSSR count). The van der Waals surface area contributed by atoms with Gasteiger partial charge in [-0.3, -0.25) is 24.4 Å². The van der Waals surface area contributed by atoms with Crippen molar-refractivity contribution in [2.24, 2.45) is 32.9 Å². The van der Waals surface area contributed by atoms with Crippen LogP contribution in [0.25, 0.3) is 0 Å². The van der Waals surface area contributed by atoms with E-state index in [-0.39, 0.29) is 50.2 Å². The van der Waals surface area contributed by atoms with Crippen LogP contribution in [0.2, 0.25) is 0 Å². The van der Waals surface area contributed by atoms with Crippen LogP contribution in [0.1, 0.15) is 38.5 Å². The molecule has 1 heterocycles. The first-order chi connectivity index (χ1) is 17.0. The summed E-state index contributed by atoms with van der Waals surface area (Å²) in [6.45, 7) is 0.236. The Hall–Kier alpha value is -3.66. The average Bonchev–Trinajstić information content (AvgIpc) is 3.35. The van der Waals surface area contributed by atoms with Crippen LogP contribution in [0.5, 0.6) is 0 Å². The van der Waals surface area contributed by atoms with E-state index in [1.165, 1.54) is 0 Å². The van der Waals surface area contributed by atoms with Gasteiger partial charge in [0.1, 0.15) is 18.1 Å². The SMILES string of the molecule is NC(N)=NCCCC(NC(=O)C(CCCN=C(N)N)NC(=O)C1CCCN1)C(=O)NC(CO)C(=O)O. The zero-order valence-corrected chi connectivity index (χ0v) is 20.1. The highest BCUT2D eigenvalue weighted by atomic mass is 16.4. The van der Waals surface area contributed by atoms with Crippen LogP contribution >= 0.6 is 0 Å². The quantitative estimate of drug-likeness (QED) is 0.0530. The topological polar surface area (TPSA) is 286 Å². The van der Waals surface area contributed by atoms with E-state index in [2.05, 4.69) is 31.3 Å². The van der Waals surface area contributed by atoms with Crippen LogP contribution in [-0.2, 0) is 19.2 Å². The number of aliphatic hydroxyl groups excluding tert-OH is 1. The summed E-state index contributed by atoms with van der Waals surface area (Å²) in [6, 6.07) is -4.17. The molecule has 0 spiro atoms. The lowest BCUT2D eigenvalue weighted by Gasteiger charge is -2.25. The van der Waals surface area contributed by atoms with Crippen molar-refractivity contribution in [3.63, 3.8) is 0 Å². The Morgan fingerprint density at radius 2 is 1.36 bits per heavy atom. The zero-order chi connectivity index (χ0) is 27.1. The number of nitrogens with two attached hydrogens (primary N) is 4. The van der Waals surface area contributed by atoms with Crippen molar-refractivity contribution in [3.8, 4) is 0 Å². The second-order valence-electron chi connectivity index (χ2n) is 8.25. The molecule has 3 amide bonds. The van der Waals surface area contributed by atoms with Crippen molar-refractivity contribution in [1.29, 1.82) is 0 Å². The van der Waals surface area contributed by atoms with Crippen molar-refractivity contribution in [2.45, 2.75) is 62.7 Å². The summed E-state index contributed by atoms with van der Waals surface area (Å²) in [5, 5.41) is 28.8. The third-order valence-corrected chi connectivity index (χ3v) is 5.33. The van der Waals surface area contributed by atoms with E-state index in [1.807, 2.05) is 0 Å². The van der Waals surface area contributed by atoms with E-state index >= 15 is 0 Å². The number of carbonyl (C=O) groups excluding carboxylic acids is 3. The molecular weight excluding hydrogens is 476 g/mol. The van der Waals surface area contributed by atoms with Crippen molar-refractivity contribution in [1.82, 2.24) is 21.3 Å². The first-order valence-electron chi connectivity index (χ1n) is 11.6. The standard InChI is InChI=1S/C20H38N10O6/c21-19(22)26-8-2-5-12(28-15(32)11-4-1-7-25-11)16(33)29-13(6-3-9-27-20(23)24)17(34)30-14(10-31)18(35)36/h11-14,25,31H,1-10H2,(H,28,32)(H,29,33)(H,30,34)(H,35,36)(H4,21,22,26)(H4,23,24,27). The number of hydrogen-bond acceptors (Lipinski definition) is 8. The highest BCUT2D eigenvalue weighted by Crippen LogP contribution is 2.08. The lowest BCUT2D eigenvalue weighted by Crippen LogP contribution is -2.57. The maximum atomic E-state index is 13.1. The van der Waals surface area contributed by atoms with Crippen LogP contribution in [0.4, 0.5) is 0 Å². The van der Waals surface area contributed by atoms with Gasteiger partial charge in [-0.1, -0.05) is 0 Å². The van der Waals surface area contributed by atoms with Crippen molar-refractivity contribution in [3.05, 3.63) is 0 Å². The third kappa shape index (κ3) is 11.7. The van der Waals surface area contributed by atoms with Gasteiger partial charge in [0, 0.05) is 13.1 Å². The molecule has 0 aromatic heterocycles. The number of guanidine groups is 2. The number of nitrogens with one attached hydrogen (secondary N) is 4. The van der Waals surface area contributed by atoms with Crippen LogP contribution in [0.15, 0.2) is 9.98 Å². The molecule has 0 saturated carbocycles. The monoisotopic (exact) mass is 514 g/mol. The first-order valence-corrected chi connectivity index (χ1v) is 11.6. The molecule has 0 aromatic carbocycles. The number of carbonyl (C=O) groups is 4. The van der Waals surface area contributed by atoms with Crippen molar-refractivity contribution >= 4 is 35.6 Å². The fourth-order valence-corrected chi connectivity index (χ4v) is 3.46. The molecule has 36 heavy (non-hydrogen) atoms. The normalized spacial score (nSPS) is 17.2. The maximum absolute atomic E-state index is 13.1. The fourth-order valence-electron chi connectivity index (χ4n) is 3.46. The molecule has 4 atom stereocenters. The Balaban J connectivity index is 2.96. The Bertz CT molecular complexity index is 807. The first kappa shape index (κ1) is 30.4. The van der Waals surface area contributed by atoms with Gasteiger partial charge in [-0.25, -0.2) is 4.79 Å². The second kappa shape index (κ2) is 16.1. The number of amides is 3. The van der Waals surface area contributed by atoms with E-state index in [0.29, 0.717) is 19.4 Å². The molecule has 14 N–H and O–H groups in total. The van der Waals surface area contributed by atoms with Gasteiger partial charge in [0.15, 0.2) is 11.9 Å². The summed E-state index contributed by atoms with van der Waals surface area (Å²) < 4.78 is 0. The molecule has 1 aliphatic heterocycles. The van der Waals surface area contributed by atoms with Crippen LogP contribution < -0.4 is 44.2 Å². The molecule has 16 nitrogen and oxygen atoms in total. The minimum absolute atomic E-state index is 0.0605. The molecule has 1 saturated heterocycles. The Morgan fingerprint density at radius 1 is 0.861 bits per heavy atom. The van der Waals surface area contributed by atoms with Crippen LogP contribution in [-0.4, -0.2) is 96.2 Å². The van der Waals surface area contributed by atoms with Crippen LogP contribution in [0.3, 0.4) is 0 Å². The molecular formula is C20H38N10O6. The molecule has 0 aromatic rings. The smallest absolute Gasteiger partial charge is 0.328 e. The Labute approximate surface area is 208 Å². The van der Waals surface area contributed by atoms with Crippen LogP contribution in [0, 0.1) is 0 Å². The minimum Gasteiger partial charge on any atom is -0.480 e. The number of aliphatic imine (C=N–C) groups is 2. The lowest BCUT2D eigenvalue weighted by molar-refractivity contribution is -0.143. The summed E-state index contributed by atoms with van der Waals surface area (Å²) >= 11 is 0. The van der Waals surface area contributed by atoms with E-state index in [1.54, 1.807) is 0 Å². The van der Waals surface area contributed by atoms with Crippen molar-refractivity contribution < 1.29 is 29.4 Å². The summed E-state index contributed by atoms with van der Waals surface area (Å²) in [5.41, 5.74) is 21.2. The number of aliphatic hydroxyl groups is 1. The maximum Gasteiger partial charge on any atom is 0.328 e. The molecule has 1 aliphatic rings. The molecule has 0 aliphatic carbocycles. The number of hydrogen-bond donors (Lipinski definition) is 10. The van der Waals surface area contributed by atoms with Gasteiger partial charge in [-0.15, -0.1) is 0 Å². The highest BCUT2D eigenvalue weighted by molar-refractivity contribution is 5.94. The Kier molecular flexibility index (Phi) is 13.6. The summed E-state index contributed by atoms with van der Waals surface area (Å²) in [7, 11) is 0. The summed E-state index contributed by atoms with van der Waals surface area (Å²) in [4.78, 5) is 57.4. The molecule has 16 heteroatoms. The van der Waals surface area contributed by atoms with E-state index in [0.717, 1.165) is 6.42 Å². The predicted octanol–water partition coefficient (Wildman–Crippen LogP) is -4.62. The summed E-state index contributed by atoms with van der Waals surface area (Å²) in [6.07, 6.45) is 2.33. The summed E-state index contributed by atoms with van der Waals surface area (Å²) in [5.74, 6) is -3.51. The molecule has 0 radical (unpaired) electrons. The highest BCUT2D eigenvalue weighted by Gasteiger charge is 2.31. The van der Waals surface area contributed by atoms with E-state index < -0.39 is 48.6 Å². The van der Waals surface area contributed by atoms with Crippen molar-refractivity contribution in [2.75, 3.05) is 26.2 Å². The number of carboxylic acids is 1. The number of nitrogens with zero attached hydrogens (tertiary/aromatic N) is 2. The average molecular weight is 515 g/mol. The van der Waals surface area contributed by atoms with E-state index in [9.17, 15) is 24.3 Å². The molecule has 204 valence electrons. The lowest BCUT2D eigenvalue weighted by atomic mass is 10.1. The predicted molar refractivity (Wildman–Crippen MR) is 131 cm³/mol. The zero-order valence-electron chi connectivity index (χ0n) is 20.1. The molecule has 4 unspecified atom stereocenters. The second-order valence-corrected chi connectivity index (χ2v) is 8.25. The Morgan fingerprint density at radius 3 is 1.78 bits per heavy atom. The van der Waals surface area contributed by atoms with Gasteiger partial charge in [0.2, 0.25) is 17.7 Å². The molecule has 0 bridgehead atoms. The number of carboxylic acid groups (broad SMARTS) is 1. The molecule has 1 fully saturated rings. The number of aliphatic carboxylic acids is 1. The van der Waals surface area contributed by atoms with E-state index in [4.69, 9.17) is 28.0 Å². The van der Waals surface area contributed by atoms with Gasteiger partial charge >= 0.3 is 5.97 Å². The van der Waals surface area contributed by atoms with Gasteiger partial charge in [0.05, 0.1) is 12.6 Å². The van der Waals surface area contributed by atoms with Gasteiger partial charge in [-0.05, 0) is 45.1 Å². The van der Waals surface area contributed by atoms with Gasteiger partial charge in [-0.2, -0.15) is 0 Å². The third-order valence-electron chi connectivity index (χ3n) is 5.33. The minimum atomic E-state index is -1.56. The van der Waals surface area contributed by atoms with Gasteiger partial charge < -0.3 is 54.4 Å². The fraction of sp³-hybridized carbons (Fsp3) is 0.700. The number of rotatable bonds is 16. The van der Waals surface area contributed by atoms with Gasteiger partial charge in [0.25, 0.3) is 0 Å².